The quantitative estimate of drug-likeness (QED) is 0.854. The molecule has 0 bridgehead atoms. The molecule has 1 aromatic heterocycles. The van der Waals surface area contributed by atoms with Crippen molar-refractivity contribution in [2.75, 3.05) is 0 Å². The Morgan fingerprint density at radius 1 is 1.22 bits per heavy atom. The zero-order valence-corrected chi connectivity index (χ0v) is 14.1. The van der Waals surface area contributed by atoms with Gasteiger partial charge in [0.1, 0.15) is 6.54 Å². The molecule has 0 aliphatic rings. The molecular weight excluding hydrogens is 290 g/mol. The largest absolute Gasteiger partial charge is 0.352 e. The van der Waals surface area contributed by atoms with Crippen LogP contribution in [0.1, 0.15) is 40.0 Å². The summed E-state index contributed by atoms with van der Waals surface area (Å²) in [5.74, 6) is 0.609. The van der Waals surface area contributed by atoms with E-state index in [1.165, 1.54) is 12.6 Å². The van der Waals surface area contributed by atoms with E-state index >= 15 is 0 Å². The van der Waals surface area contributed by atoms with Crippen LogP contribution in [-0.4, -0.2) is 21.7 Å². The van der Waals surface area contributed by atoms with Gasteiger partial charge in [-0.2, -0.15) is 5.10 Å². The summed E-state index contributed by atoms with van der Waals surface area (Å²) in [4.78, 5) is 24.0. The lowest BCUT2D eigenvalue weighted by Crippen LogP contribution is -2.35. The predicted molar refractivity (Wildman–Crippen MR) is 92.3 cm³/mol. The van der Waals surface area contributed by atoms with E-state index in [-0.39, 0.29) is 23.9 Å². The average Bonchev–Trinajstić information content (AvgIpc) is 2.50. The first-order valence-corrected chi connectivity index (χ1v) is 8.21. The Labute approximate surface area is 136 Å². The summed E-state index contributed by atoms with van der Waals surface area (Å²) in [6, 6.07) is 7.36. The van der Waals surface area contributed by atoms with Gasteiger partial charge in [-0.05, 0) is 31.4 Å². The fourth-order valence-corrected chi connectivity index (χ4v) is 2.65. The maximum absolute atomic E-state index is 12.2. The summed E-state index contributed by atoms with van der Waals surface area (Å²) in [5, 5.41) is 7.67. The van der Waals surface area contributed by atoms with Crippen LogP contribution >= 0.6 is 0 Å². The molecule has 0 aliphatic heterocycles. The van der Waals surface area contributed by atoms with Gasteiger partial charge in [0.2, 0.25) is 11.3 Å². The third-order valence-electron chi connectivity index (χ3n) is 3.88. The van der Waals surface area contributed by atoms with E-state index in [0.29, 0.717) is 16.8 Å². The van der Waals surface area contributed by atoms with E-state index < -0.39 is 0 Å². The summed E-state index contributed by atoms with van der Waals surface area (Å²) >= 11 is 0. The first kappa shape index (κ1) is 17.2. The van der Waals surface area contributed by atoms with E-state index in [4.69, 9.17) is 0 Å². The van der Waals surface area contributed by atoms with Crippen LogP contribution in [0.4, 0.5) is 0 Å². The molecule has 0 fully saturated rings. The van der Waals surface area contributed by atoms with Gasteiger partial charge in [0, 0.05) is 11.4 Å². The van der Waals surface area contributed by atoms with E-state index in [0.717, 1.165) is 12.8 Å². The third-order valence-corrected chi connectivity index (χ3v) is 3.88. The molecule has 0 aliphatic carbocycles. The minimum Gasteiger partial charge on any atom is -0.352 e. The van der Waals surface area contributed by atoms with Gasteiger partial charge in [-0.1, -0.05) is 38.8 Å². The molecule has 1 unspecified atom stereocenters. The highest BCUT2D eigenvalue weighted by Gasteiger charge is 2.11. The summed E-state index contributed by atoms with van der Waals surface area (Å²) in [6.07, 6.45) is 4.52. The van der Waals surface area contributed by atoms with Gasteiger partial charge >= 0.3 is 0 Å². The van der Waals surface area contributed by atoms with Crippen LogP contribution in [-0.2, 0) is 11.3 Å². The molecule has 1 atom stereocenters. The molecule has 1 amide bonds. The Balaban J connectivity index is 1.98. The van der Waals surface area contributed by atoms with Gasteiger partial charge < -0.3 is 5.32 Å². The minimum atomic E-state index is -0.126. The van der Waals surface area contributed by atoms with E-state index in [1.54, 1.807) is 10.7 Å². The highest BCUT2D eigenvalue weighted by Crippen LogP contribution is 2.09. The molecule has 0 spiro atoms. The number of carbonyl (C=O) groups excluding carboxylic acids is 1. The van der Waals surface area contributed by atoms with Crippen molar-refractivity contribution < 1.29 is 4.79 Å². The van der Waals surface area contributed by atoms with Gasteiger partial charge in [-0.3, -0.25) is 14.3 Å². The highest BCUT2D eigenvalue weighted by molar-refractivity contribution is 5.81. The summed E-state index contributed by atoms with van der Waals surface area (Å²) in [6.45, 7) is 6.55. The van der Waals surface area contributed by atoms with Crippen molar-refractivity contribution in [3.8, 4) is 0 Å². The lowest BCUT2D eigenvalue weighted by atomic mass is 10.0. The molecule has 0 saturated heterocycles. The second kappa shape index (κ2) is 7.90. The Bertz CT molecular complexity index is 722. The number of rotatable bonds is 7. The topological polar surface area (TPSA) is 64.0 Å². The smallest absolute Gasteiger partial charge is 0.241 e. The molecule has 0 saturated carbocycles. The van der Waals surface area contributed by atoms with Crippen molar-refractivity contribution in [3.05, 3.63) is 40.7 Å². The van der Waals surface area contributed by atoms with Gasteiger partial charge in [-0.25, -0.2) is 0 Å². The number of hydrogen-bond acceptors (Lipinski definition) is 3. The van der Waals surface area contributed by atoms with E-state index in [2.05, 4.69) is 24.3 Å². The van der Waals surface area contributed by atoms with Crippen LogP contribution in [0.15, 0.2) is 35.3 Å². The van der Waals surface area contributed by atoms with Crippen LogP contribution in [0.25, 0.3) is 10.9 Å². The Kier molecular flexibility index (Phi) is 5.90. The number of nitrogens with zero attached hydrogens (tertiary/aromatic N) is 2. The second-order valence-electron chi connectivity index (χ2n) is 6.48. The van der Waals surface area contributed by atoms with Crippen LogP contribution in [0.2, 0.25) is 0 Å². The van der Waals surface area contributed by atoms with Crippen LogP contribution in [0.3, 0.4) is 0 Å². The lowest BCUT2D eigenvalue weighted by Gasteiger charge is -2.15. The van der Waals surface area contributed by atoms with Crippen LogP contribution < -0.4 is 10.7 Å². The molecule has 23 heavy (non-hydrogen) atoms. The molecule has 1 heterocycles. The van der Waals surface area contributed by atoms with Crippen molar-refractivity contribution in [2.24, 2.45) is 5.92 Å². The predicted octanol–water partition coefficient (Wildman–Crippen LogP) is 2.73. The molecule has 1 aromatic carbocycles. The maximum Gasteiger partial charge on any atom is 0.241 e. The minimum absolute atomic E-state index is 0.0802. The number of hydrogen-bond donors (Lipinski definition) is 1. The summed E-state index contributed by atoms with van der Waals surface area (Å²) in [7, 11) is 0. The zero-order chi connectivity index (χ0) is 16.8. The van der Waals surface area contributed by atoms with Crippen LogP contribution in [0.5, 0.6) is 0 Å². The number of aromatic nitrogens is 2. The summed E-state index contributed by atoms with van der Waals surface area (Å²) < 4.78 is 1.58. The first-order chi connectivity index (χ1) is 11.0. The number of nitrogens with one attached hydrogen (secondary N) is 1. The first-order valence-electron chi connectivity index (χ1n) is 8.21. The van der Waals surface area contributed by atoms with E-state index in [9.17, 15) is 9.59 Å². The van der Waals surface area contributed by atoms with Crippen LogP contribution in [0, 0.1) is 5.92 Å². The fraction of sp³-hybridized carbons (Fsp3) is 0.500. The fourth-order valence-electron chi connectivity index (χ4n) is 2.65. The Morgan fingerprint density at radius 3 is 2.70 bits per heavy atom. The normalized spacial score (nSPS) is 12.5. The highest BCUT2D eigenvalue weighted by atomic mass is 16.2. The molecule has 1 N–H and O–H groups in total. The standard InChI is InChI=1S/C18H25N3O2/c1-13(2)7-6-8-14(3)20-18(23)12-21-16-10-5-4-9-15(16)17(22)11-19-21/h4-5,9-11,13-14H,6-8,12H2,1-3H3,(H,20,23). The Hall–Kier alpha value is -2.17. The van der Waals surface area contributed by atoms with Crippen molar-refractivity contribution in [1.29, 1.82) is 0 Å². The number of carbonyl (C=O) groups is 1. The van der Waals surface area contributed by atoms with Gasteiger partial charge in [-0.15, -0.1) is 0 Å². The van der Waals surface area contributed by atoms with Crippen molar-refractivity contribution in [1.82, 2.24) is 15.1 Å². The van der Waals surface area contributed by atoms with Crippen molar-refractivity contribution in [2.45, 2.75) is 52.6 Å². The monoisotopic (exact) mass is 315 g/mol. The second-order valence-corrected chi connectivity index (χ2v) is 6.48. The molecule has 2 aromatic rings. The Morgan fingerprint density at radius 2 is 1.96 bits per heavy atom. The van der Waals surface area contributed by atoms with Crippen molar-refractivity contribution >= 4 is 16.8 Å². The average molecular weight is 315 g/mol. The maximum atomic E-state index is 12.2. The molecular formula is C18H25N3O2. The number of fused-ring (bicyclic) bond motifs is 1. The molecule has 124 valence electrons. The summed E-state index contributed by atoms with van der Waals surface area (Å²) in [5.41, 5.74) is 0.557. The van der Waals surface area contributed by atoms with Crippen molar-refractivity contribution in [3.63, 3.8) is 0 Å². The molecule has 5 nitrogen and oxygen atoms in total. The number of benzene rings is 1. The van der Waals surface area contributed by atoms with Gasteiger partial charge in [0.05, 0.1) is 11.7 Å². The molecule has 2 rings (SSSR count). The molecule has 5 heteroatoms. The van der Waals surface area contributed by atoms with E-state index in [1.807, 2.05) is 25.1 Å². The SMILES string of the molecule is CC(C)CCCC(C)NC(=O)Cn1ncc(=O)c2ccccc21. The number of amides is 1. The van der Waals surface area contributed by atoms with Gasteiger partial charge in [0.25, 0.3) is 0 Å². The van der Waals surface area contributed by atoms with Gasteiger partial charge in [0.15, 0.2) is 0 Å². The number of para-hydroxylation sites is 1. The lowest BCUT2D eigenvalue weighted by molar-refractivity contribution is -0.122. The third kappa shape index (κ3) is 4.91. The molecule has 0 radical (unpaired) electrons. The zero-order valence-electron chi connectivity index (χ0n) is 14.1.